The SMILES string of the molecule is CC(=O)Oc1ccc2c3c1OC1C(N(CC(C)C)C(=O)/C=C/c4cccc(C(F)(F)F)c4)CC[C@@]4(OC(C)=O)[C@@H](C2)N(CC2CC2)CC[C@]314. The number of benzene rings is 2. The van der Waals surface area contributed by atoms with E-state index in [1.165, 1.54) is 51.0 Å². The van der Waals surface area contributed by atoms with Gasteiger partial charge in [0.15, 0.2) is 11.5 Å². The van der Waals surface area contributed by atoms with Crippen LogP contribution < -0.4 is 9.47 Å². The monoisotopic (exact) mass is 680 g/mol. The molecule has 5 aliphatic rings. The van der Waals surface area contributed by atoms with Crippen LogP contribution in [-0.4, -0.2) is 71.1 Å². The van der Waals surface area contributed by atoms with E-state index in [4.69, 9.17) is 14.2 Å². The Morgan fingerprint density at radius 2 is 1.86 bits per heavy atom. The van der Waals surface area contributed by atoms with Crippen molar-refractivity contribution in [2.75, 3.05) is 19.6 Å². The Bertz CT molecular complexity index is 1700. The molecule has 49 heavy (non-hydrogen) atoms. The number of amides is 1. The van der Waals surface area contributed by atoms with Crippen LogP contribution in [0.25, 0.3) is 6.08 Å². The first-order chi connectivity index (χ1) is 23.2. The van der Waals surface area contributed by atoms with Crippen molar-refractivity contribution in [3.8, 4) is 11.5 Å². The fraction of sp³-hybridized carbons (Fsp3) is 0.553. The van der Waals surface area contributed by atoms with Crippen LogP contribution in [0.5, 0.6) is 11.5 Å². The zero-order chi connectivity index (χ0) is 34.9. The van der Waals surface area contributed by atoms with Gasteiger partial charge < -0.3 is 19.1 Å². The molecule has 3 fully saturated rings. The fourth-order valence-corrected chi connectivity index (χ4v) is 9.30. The van der Waals surface area contributed by atoms with Crippen LogP contribution >= 0.6 is 0 Å². The molecule has 1 amide bonds. The second-order valence-corrected chi connectivity index (χ2v) is 14.9. The minimum Gasteiger partial charge on any atom is -0.483 e. The van der Waals surface area contributed by atoms with Crippen molar-refractivity contribution < 1.29 is 41.8 Å². The maximum absolute atomic E-state index is 14.2. The van der Waals surface area contributed by atoms with E-state index in [0.29, 0.717) is 49.6 Å². The molecule has 7 rings (SSSR count). The Balaban J connectivity index is 1.32. The summed E-state index contributed by atoms with van der Waals surface area (Å²) in [5.74, 6) is 0.259. The number of ether oxygens (including phenoxy) is 3. The third-order valence-corrected chi connectivity index (χ3v) is 11.1. The van der Waals surface area contributed by atoms with Crippen LogP contribution in [0.4, 0.5) is 13.2 Å². The lowest BCUT2D eigenvalue weighted by Gasteiger charge is -2.65. The van der Waals surface area contributed by atoms with Crippen molar-refractivity contribution in [2.45, 2.75) is 102 Å². The maximum Gasteiger partial charge on any atom is 0.416 e. The molecule has 2 saturated carbocycles. The van der Waals surface area contributed by atoms with Gasteiger partial charge in [-0.05, 0) is 92.3 Å². The Hall–Kier alpha value is -3.86. The summed E-state index contributed by atoms with van der Waals surface area (Å²) in [7, 11) is 0. The Morgan fingerprint density at radius 3 is 2.53 bits per heavy atom. The second kappa shape index (κ2) is 12.2. The van der Waals surface area contributed by atoms with Crippen molar-refractivity contribution in [1.29, 1.82) is 0 Å². The first-order valence-electron chi connectivity index (χ1n) is 17.3. The number of likely N-dealkylation sites (tertiary alicyclic amines) is 1. The van der Waals surface area contributed by atoms with Crippen LogP contribution in [0.3, 0.4) is 0 Å². The van der Waals surface area contributed by atoms with Crippen molar-refractivity contribution >= 4 is 23.9 Å². The molecule has 3 aliphatic carbocycles. The molecule has 0 aromatic heterocycles. The molecule has 1 spiro atoms. The molecule has 2 aromatic rings. The summed E-state index contributed by atoms with van der Waals surface area (Å²) in [6.45, 7) is 8.88. The molecule has 2 unspecified atom stereocenters. The average molecular weight is 681 g/mol. The van der Waals surface area contributed by atoms with E-state index < -0.39 is 40.9 Å². The highest BCUT2D eigenvalue weighted by Crippen LogP contribution is 2.67. The molecule has 1 saturated heterocycles. The molecule has 0 radical (unpaired) electrons. The van der Waals surface area contributed by atoms with Gasteiger partial charge in [0, 0.05) is 38.6 Å². The third kappa shape index (κ3) is 5.71. The van der Waals surface area contributed by atoms with Gasteiger partial charge in [0.05, 0.1) is 23.1 Å². The van der Waals surface area contributed by atoms with Gasteiger partial charge in [0.1, 0.15) is 11.7 Å². The Morgan fingerprint density at radius 1 is 1.08 bits per heavy atom. The van der Waals surface area contributed by atoms with E-state index in [-0.39, 0.29) is 29.4 Å². The summed E-state index contributed by atoms with van der Waals surface area (Å²) in [6, 6.07) is 8.10. The van der Waals surface area contributed by atoms with E-state index in [0.717, 1.165) is 36.3 Å². The Kier molecular flexibility index (Phi) is 8.36. The van der Waals surface area contributed by atoms with Gasteiger partial charge in [-0.2, -0.15) is 13.2 Å². The van der Waals surface area contributed by atoms with Crippen LogP contribution in [0.15, 0.2) is 42.5 Å². The molecule has 8 nitrogen and oxygen atoms in total. The number of esters is 2. The van der Waals surface area contributed by atoms with E-state index >= 15 is 0 Å². The van der Waals surface area contributed by atoms with Gasteiger partial charge in [-0.25, -0.2) is 0 Å². The van der Waals surface area contributed by atoms with Crippen LogP contribution in [0, 0.1) is 11.8 Å². The Labute approximate surface area is 284 Å². The van der Waals surface area contributed by atoms with Crippen molar-refractivity contribution in [2.24, 2.45) is 11.8 Å². The largest absolute Gasteiger partial charge is 0.483 e. The number of nitrogens with zero attached hydrogens (tertiary/aromatic N) is 2. The molecular weight excluding hydrogens is 637 g/mol. The minimum atomic E-state index is -4.50. The number of halogens is 3. The first kappa shape index (κ1) is 33.6. The number of hydrogen-bond donors (Lipinski definition) is 0. The van der Waals surface area contributed by atoms with Gasteiger partial charge in [-0.1, -0.05) is 32.0 Å². The summed E-state index contributed by atoms with van der Waals surface area (Å²) in [4.78, 5) is 43.8. The number of rotatable bonds is 9. The highest BCUT2D eigenvalue weighted by atomic mass is 19.4. The molecule has 262 valence electrons. The second-order valence-electron chi connectivity index (χ2n) is 14.9. The number of alkyl halides is 3. The summed E-state index contributed by atoms with van der Waals surface area (Å²) >= 11 is 0. The lowest BCUT2D eigenvalue weighted by atomic mass is 9.48. The number of carbonyl (C=O) groups excluding carboxylic acids is 3. The summed E-state index contributed by atoms with van der Waals surface area (Å²) < 4.78 is 59.5. The van der Waals surface area contributed by atoms with E-state index in [1.807, 2.05) is 19.9 Å². The maximum atomic E-state index is 14.2. The smallest absolute Gasteiger partial charge is 0.416 e. The molecule has 2 aliphatic heterocycles. The highest BCUT2D eigenvalue weighted by Gasteiger charge is 2.76. The van der Waals surface area contributed by atoms with Gasteiger partial charge in [0.2, 0.25) is 5.91 Å². The van der Waals surface area contributed by atoms with Gasteiger partial charge in [-0.3, -0.25) is 19.3 Å². The zero-order valence-corrected chi connectivity index (χ0v) is 28.3. The molecule has 2 aromatic carbocycles. The molecule has 0 N–H and O–H groups in total. The fourth-order valence-electron chi connectivity index (χ4n) is 9.30. The minimum absolute atomic E-state index is 0.0685. The predicted molar refractivity (Wildman–Crippen MR) is 175 cm³/mol. The van der Waals surface area contributed by atoms with Crippen LogP contribution in [0.2, 0.25) is 0 Å². The first-order valence-corrected chi connectivity index (χ1v) is 17.3. The summed E-state index contributed by atoms with van der Waals surface area (Å²) in [6.07, 6.45) is 2.27. The molecule has 2 bridgehead atoms. The number of carbonyl (C=O) groups is 3. The highest BCUT2D eigenvalue weighted by molar-refractivity contribution is 5.92. The molecule has 11 heteroatoms. The van der Waals surface area contributed by atoms with Crippen LogP contribution in [-0.2, 0) is 37.1 Å². The van der Waals surface area contributed by atoms with E-state index in [2.05, 4.69) is 4.90 Å². The van der Waals surface area contributed by atoms with Gasteiger partial charge in [-0.15, -0.1) is 0 Å². The van der Waals surface area contributed by atoms with Crippen LogP contribution in [0.1, 0.15) is 82.1 Å². The lowest BCUT2D eigenvalue weighted by molar-refractivity contribution is -0.224. The van der Waals surface area contributed by atoms with Gasteiger partial charge >= 0.3 is 18.1 Å². The van der Waals surface area contributed by atoms with E-state index in [9.17, 15) is 27.6 Å². The molecule has 2 heterocycles. The summed E-state index contributed by atoms with van der Waals surface area (Å²) in [5, 5.41) is 0. The number of piperidine rings is 1. The molecular formula is C38H43F3N2O6. The quantitative estimate of drug-likeness (QED) is 0.174. The van der Waals surface area contributed by atoms with Crippen molar-refractivity contribution in [1.82, 2.24) is 9.80 Å². The zero-order valence-electron chi connectivity index (χ0n) is 28.3. The normalized spacial score (nSPS) is 28.6. The average Bonchev–Trinajstić information content (AvgIpc) is 3.77. The van der Waals surface area contributed by atoms with E-state index in [1.54, 1.807) is 11.0 Å². The summed E-state index contributed by atoms with van der Waals surface area (Å²) in [5.41, 5.74) is -0.297. The lowest BCUT2D eigenvalue weighted by Crippen LogP contribution is -2.79. The van der Waals surface area contributed by atoms with Crippen molar-refractivity contribution in [3.63, 3.8) is 0 Å². The molecule has 5 atom stereocenters. The standard InChI is InChI=1S/C38H43F3N2O6/c1-22(2)20-43(32(46)13-10-25-6-5-7-28(18-25)38(39,40)41)29-14-15-37(49-24(4)45)31-19-27-11-12-30(47-23(3)44)34-33(27)36(37,35(29)48-34)16-17-42(31)21-26-8-9-26/h5-7,10-13,18,22,26,29,31,35H,8-9,14-17,19-21H2,1-4H3/b13-10+/t29?,31-,35?,36+,37-/m1/s1. The van der Waals surface area contributed by atoms with Crippen molar-refractivity contribution in [3.05, 3.63) is 64.7 Å². The van der Waals surface area contributed by atoms with Gasteiger partial charge in [0.25, 0.3) is 0 Å². The third-order valence-electron chi connectivity index (χ3n) is 11.1. The number of hydrogen-bond acceptors (Lipinski definition) is 7. The topological polar surface area (TPSA) is 85.4 Å². The predicted octanol–water partition coefficient (Wildman–Crippen LogP) is 6.33.